The Labute approximate surface area is 170 Å². The van der Waals surface area contributed by atoms with Crippen molar-refractivity contribution in [1.82, 2.24) is 15.1 Å². The predicted octanol–water partition coefficient (Wildman–Crippen LogP) is 2.64. The zero-order valence-electron chi connectivity index (χ0n) is 14.9. The number of carboxylic acids is 1. The van der Waals surface area contributed by atoms with Crippen LogP contribution in [0, 0.1) is 11.3 Å². The van der Waals surface area contributed by atoms with Crippen molar-refractivity contribution in [1.29, 1.82) is 5.26 Å². The first-order chi connectivity index (χ1) is 13.9. The Kier molecular flexibility index (Phi) is 5.81. The summed E-state index contributed by atoms with van der Waals surface area (Å²) in [5, 5.41) is 23.8. The molecule has 1 atom stereocenters. The largest absolute Gasteiger partial charge is 0.481 e. The van der Waals surface area contributed by atoms with E-state index in [-0.39, 0.29) is 12.1 Å². The fraction of sp³-hybridized carbons (Fsp3) is 0.100. The van der Waals surface area contributed by atoms with Crippen molar-refractivity contribution in [3.05, 3.63) is 86.8 Å². The van der Waals surface area contributed by atoms with Gasteiger partial charge in [-0.3, -0.25) is 19.5 Å². The molecule has 1 aromatic heterocycles. The van der Waals surface area contributed by atoms with E-state index in [9.17, 15) is 19.5 Å². The molecule has 0 radical (unpaired) electrons. The molecule has 0 fully saturated rings. The molecule has 0 aliphatic rings. The van der Waals surface area contributed by atoms with Crippen LogP contribution in [0.5, 0.6) is 0 Å². The molecule has 2 aromatic carbocycles. The molecule has 0 saturated heterocycles. The lowest BCUT2D eigenvalue weighted by atomic mass is 10.0. The molecule has 3 rings (SSSR count). The van der Waals surface area contributed by atoms with Crippen LogP contribution < -0.4 is 10.9 Å². The average molecular weight is 411 g/mol. The molecule has 0 aliphatic heterocycles. The molecule has 29 heavy (non-hydrogen) atoms. The summed E-state index contributed by atoms with van der Waals surface area (Å²) >= 11 is 5.94. The first-order valence-electron chi connectivity index (χ1n) is 8.48. The Morgan fingerprint density at radius 1 is 1.21 bits per heavy atom. The number of carbonyl (C=O) groups is 2. The highest BCUT2D eigenvalue weighted by molar-refractivity contribution is 6.30. The summed E-state index contributed by atoms with van der Waals surface area (Å²) in [5.41, 5.74) is 0.897. The van der Waals surface area contributed by atoms with Crippen LogP contribution >= 0.6 is 11.6 Å². The lowest BCUT2D eigenvalue weighted by molar-refractivity contribution is -0.137. The van der Waals surface area contributed by atoms with Gasteiger partial charge in [0, 0.05) is 11.1 Å². The summed E-state index contributed by atoms with van der Waals surface area (Å²) in [6.45, 7) is 0. The molecule has 1 heterocycles. The molecule has 0 aliphatic carbocycles. The number of aromatic amines is 1. The van der Waals surface area contributed by atoms with Gasteiger partial charge < -0.3 is 10.4 Å². The summed E-state index contributed by atoms with van der Waals surface area (Å²) in [4.78, 5) is 36.1. The lowest BCUT2D eigenvalue weighted by Gasteiger charge is -2.17. The van der Waals surface area contributed by atoms with E-state index in [0.717, 1.165) is 10.7 Å². The molecule has 0 saturated carbocycles. The lowest BCUT2D eigenvalue weighted by Crippen LogP contribution is -2.30. The van der Waals surface area contributed by atoms with Crippen molar-refractivity contribution in [2.45, 2.75) is 12.5 Å². The molecule has 3 aromatic rings. The molecule has 3 N–H and O–H groups in total. The number of nitriles is 1. The topological polar surface area (TPSA) is 128 Å². The number of hydrogen-bond acceptors (Lipinski definition) is 4. The van der Waals surface area contributed by atoms with Gasteiger partial charge >= 0.3 is 5.97 Å². The smallest absolute Gasteiger partial charge is 0.305 e. The number of halogens is 1. The fourth-order valence-corrected chi connectivity index (χ4v) is 2.96. The van der Waals surface area contributed by atoms with Gasteiger partial charge in [0.1, 0.15) is 5.69 Å². The van der Waals surface area contributed by atoms with Crippen LogP contribution in [-0.2, 0) is 4.79 Å². The van der Waals surface area contributed by atoms with Crippen molar-refractivity contribution in [2.24, 2.45) is 0 Å². The molecule has 0 unspecified atom stereocenters. The Bertz CT molecular complexity index is 1160. The minimum atomic E-state index is -1.11. The highest BCUT2D eigenvalue weighted by Crippen LogP contribution is 2.18. The van der Waals surface area contributed by atoms with E-state index >= 15 is 0 Å². The van der Waals surface area contributed by atoms with Gasteiger partial charge in [0.05, 0.1) is 29.8 Å². The number of rotatable bonds is 6. The van der Waals surface area contributed by atoms with E-state index in [1.54, 1.807) is 36.4 Å². The standard InChI is InChI=1S/C20H15ClN4O4/c21-14-2-1-3-15(8-14)25-18(26)9-17(24-25)20(29)23-16(10-19(27)28)13-6-4-12(11-22)5-7-13/h1-9,16,24H,10H2,(H,23,29)(H,27,28)/t16-/m0/s1. The van der Waals surface area contributed by atoms with Crippen molar-refractivity contribution >= 4 is 23.5 Å². The van der Waals surface area contributed by atoms with Crippen molar-refractivity contribution < 1.29 is 14.7 Å². The van der Waals surface area contributed by atoms with Gasteiger partial charge in [-0.15, -0.1) is 0 Å². The van der Waals surface area contributed by atoms with Crippen LogP contribution in [0.3, 0.4) is 0 Å². The quantitative estimate of drug-likeness (QED) is 0.575. The third kappa shape index (κ3) is 4.72. The van der Waals surface area contributed by atoms with E-state index in [1.165, 1.54) is 12.1 Å². The maximum absolute atomic E-state index is 12.6. The Balaban J connectivity index is 1.86. The summed E-state index contributed by atoms with van der Waals surface area (Å²) in [7, 11) is 0. The molecule has 0 spiro atoms. The molecule has 9 heteroatoms. The average Bonchev–Trinajstić information content (AvgIpc) is 3.09. The van der Waals surface area contributed by atoms with Crippen LogP contribution in [0.15, 0.2) is 59.4 Å². The number of nitrogens with zero attached hydrogens (tertiary/aromatic N) is 2. The SMILES string of the molecule is N#Cc1ccc([C@H](CC(=O)O)NC(=O)c2cc(=O)n(-c3cccc(Cl)c3)[nH]2)cc1. The second kappa shape index (κ2) is 8.46. The Hall–Kier alpha value is -3.83. The normalized spacial score (nSPS) is 11.4. The maximum atomic E-state index is 12.6. The summed E-state index contributed by atoms with van der Waals surface area (Å²) in [6, 6.07) is 15.0. The third-order valence-corrected chi connectivity index (χ3v) is 4.39. The van der Waals surface area contributed by atoms with Gasteiger partial charge in [0.15, 0.2) is 0 Å². The number of carbonyl (C=O) groups excluding carboxylic acids is 1. The molecule has 146 valence electrons. The number of aliphatic carboxylic acids is 1. The number of aromatic nitrogens is 2. The molecule has 1 amide bonds. The van der Waals surface area contributed by atoms with Crippen LogP contribution in [0.25, 0.3) is 5.69 Å². The molecular weight excluding hydrogens is 396 g/mol. The minimum Gasteiger partial charge on any atom is -0.481 e. The highest BCUT2D eigenvalue weighted by Gasteiger charge is 2.21. The van der Waals surface area contributed by atoms with Crippen LogP contribution in [0.2, 0.25) is 5.02 Å². The zero-order chi connectivity index (χ0) is 21.0. The second-order valence-electron chi connectivity index (χ2n) is 6.18. The summed E-state index contributed by atoms with van der Waals surface area (Å²) in [5.74, 6) is -1.75. The van der Waals surface area contributed by atoms with Crippen molar-refractivity contribution in [2.75, 3.05) is 0 Å². The molecule has 8 nitrogen and oxygen atoms in total. The summed E-state index contributed by atoms with van der Waals surface area (Å²) in [6.07, 6.45) is -0.364. The first kappa shape index (κ1) is 19.9. The van der Waals surface area contributed by atoms with Crippen LogP contribution in [0.1, 0.15) is 34.1 Å². The van der Waals surface area contributed by atoms with E-state index in [4.69, 9.17) is 16.9 Å². The van der Waals surface area contributed by atoms with E-state index in [0.29, 0.717) is 21.8 Å². The molecule has 0 bridgehead atoms. The van der Waals surface area contributed by atoms with E-state index in [2.05, 4.69) is 10.4 Å². The fourth-order valence-electron chi connectivity index (χ4n) is 2.77. The second-order valence-corrected chi connectivity index (χ2v) is 6.62. The number of benzene rings is 2. The van der Waals surface area contributed by atoms with Gasteiger partial charge in [-0.25, -0.2) is 4.68 Å². The monoisotopic (exact) mass is 410 g/mol. The Morgan fingerprint density at radius 3 is 2.55 bits per heavy atom. The van der Waals surface area contributed by atoms with Gasteiger partial charge in [-0.2, -0.15) is 5.26 Å². The van der Waals surface area contributed by atoms with Crippen LogP contribution in [-0.4, -0.2) is 26.8 Å². The van der Waals surface area contributed by atoms with Crippen molar-refractivity contribution in [3.8, 4) is 11.8 Å². The van der Waals surface area contributed by atoms with E-state index in [1.807, 2.05) is 6.07 Å². The maximum Gasteiger partial charge on any atom is 0.305 e. The number of amides is 1. The zero-order valence-corrected chi connectivity index (χ0v) is 15.7. The number of carboxylic acid groups (broad SMARTS) is 1. The van der Waals surface area contributed by atoms with Gasteiger partial charge in [-0.05, 0) is 35.9 Å². The number of H-pyrrole nitrogens is 1. The minimum absolute atomic E-state index is 0.0287. The summed E-state index contributed by atoms with van der Waals surface area (Å²) < 4.78 is 1.16. The van der Waals surface area contributed by atoms with Crippen LogP contribution in [0.4, 0.5) is 0 Å². The number of nitrogens with one attached hydrogen (secondary N) is 2. The van der Waals surface area contributed by atoms with Gasteiger partial charge in [-0.1, -0.05) is 29.8 Å². The van der Waals surface area contributed by atoms with Crippen molar-refractivity contribution in [3.63, 3.8) is 0 Å². The van der Waals surface area contributed by atoms with E-state index < -0.39 is 23.5 Å². The number of hydrogen-bond donors (Lipinski definition) is 3. The Morgan fingerprint density at radius 2 is 1.93 bits per heavy atom. The van der Waals surface area contributed by atoms with Gasteiger partial charge in [0.25, 0.3) is 11.5 Å². The predicted molar refractivity (Wildman–Crippen MR) is 105 cm³/mol. The third-order valence-electron chi connectivity index (χ3n) is 4.16. The van der Waals surface area contributed by atoms with Gasteiger partial charge in [0.2, 0.25) is 0 Å². The highest BCUT2D eigenvalue weighted by atomic mass is 35.5. The molecular formula is C20H15ClN4O4. The first-order valence-corrected chi connectivity index (χ1v) is 8.86.